The largest absolute Gasteiger partial charge is 0.573 e. The van der Waals surface area contributed by atoms with Crippen LogP contribution in [-0.4, -0.2) is 46.3 Å². The second-order valence-corrected chi connectivity index (χ2v) is 7.87. The van der Waals surface area contributed by atoms with Crippen molar-refractivity contribution < 1.29 is 45.3 Å². The van der Waals surface area contributed by atoms with Gasteiger partial charge in [-0.3, -0.25) is 4.79 Å². The summed E-state index contributed by atoms with van der Waals surface area (Å²) in [6.07, 6.45) is -4.92. The Morgan fingerprint density at radius 3 is 2.07 bits per heavy atom. The minimum absolute atomic E-state index is 0.0464. The molecule has 8 nitrogen and oxygen atoms in total. The second kappa shape index (κ2) is 7.59. The molecule has 0 atom stereocenters. The number of ether oxygens (including phenoxy) is 4. The van der Waals surface area contributed by atoms with E-state index in [4.69, 9.17) is 14.2 Å². The number of amides is 1. The third-order valence-corrected chi connectivity index (χ3v) is 6.08. The maximum Gasteiger partial charge on any atom is 0.573 e. The number of rotatable bonds is 6. The van der Waals surface area contributed by atoms with Gasteiger partial charge in [0, 0.05) is 5.56 Å². The van der Waals surface area contributed by atoms with Gasteiger partial charge in [-0.15, -0.1) is 13.2 Å². The fourth-order valence-electron chi connectivity index (χ4n) is 3.05. The van der Waals surface area contributed by atoms with E-state index >= 15 is 0 Å². The van der Waals surface area contributed by atoms with Crippen molar-refractivity contribution in [2.24, 2.45) is 0 Å². The highest BCUT2D eigenvalue weighted by Crippen LogP contribution is 2.46. The summed E-state index contributed by atoms with van der Waals surface area (Å²) >= 11 is 0. The van der Waals surface area contributed by atoms with Gasteiger partial charge in [0.15, 0.2) is 11.5 Å². The van der Waals surface area contributed by atoms with Gasteiger partial charge in [0.2, 0.25) is 5.75 Å². The van der Waals surface area contributed by atoms with E-state index in [0.29, 0.717) is 4.31 Å². The van der Waals surface area contributed by atoms with E-state index in [9.17, 15) is 26.4 Å². The minimum atomic E-state index is -4.92. The first-order chi connectivity index (χ1) is 14.0. The number of carbonyl (C=O) groups excluding carboxylic acids is 1. The second-order valence-electron chi connectivity index (χ2n) is 6.01. The monoisotopic (exact) mass is 447 g/mol. The average molecular weight is 447 g/mol. The van der Waals surface area contributed by atoms with Gasteiger partial charge in [0.05, 0.1) is 38.3 Å². The first-order valence-electron chi connectivity index (χ1n) is 8.28. The summed E-state index contributed by atoms with van der Waals surface area (Å²) in [5.74, 6) is -0.908. The molecule has 2 aromatic carbocycles. The molecule has 0 saturated carbocycles. The number of alkyl halides is 3. The predicted molar refractivity (Wildman–Crippen MR) is 96.3 cm³/mol. The Labute approximate surface area is 169 Å². The number of hydrogen-bond acceptors (Lipinski definition) is 7. The molecule has 12 heteroatoms. The molecule has 1 amide bonds. The molecule has 0 fully saturated rings. The number of fused-ring (bicyclic) bond motifs is 1. The van der Waals surface area contributed by atoms with Crippen molar-refractivity contribution in [1.82, 2.24) is 4.31 Å². The van der Waals surface area contributed by atoms with Gasteiger partial charge >= 0.3 is 6.36 Å². The maximum absolute atomic E-state index is 13.0. The van der Waals surface area contributed by atoms with Crippen molar-refractivity contribution in [2.75, 3.05) is 21.3 Å². The van der Waals surface area contributed by atoms with Gasteiger partial charge in [-0.05, 0) is 30.3 Å². The van der Waals surface area contributed by atoms with Gasteiger partial charge in [0.25, 0.3) is 15.9 Å². The van der Waals surface area contributed by atoms with Crippen LogP contribution in [0.1, 0.15) is 15.9 Å². The number of nitrogens with zero attached hydrogens (tertiary/aromatic N) is 1. The molecule has 162 valence electrons. The van der Waals surface area contributed by atoms with Crippen LogP contribution in [0.4, 0.5) is 13.2 Å². The van der Waals surface area contributed by atoms with Gasteiger partial charge in [-0.2, -0.15) is 0 Å². The third-order valence-electron chi connectivity index (χ3n) is 4.34. The van der Waals surface area contributed by atoms with Gasteiger partial charge in [-0.1, -0.05) is 0 Å². The van der Waals surface area contributed by atoms with Crippen molar-refractivity contribution in [3.8, 4) is 23.0 Å². The number of methoxy groups -OCH3 is 3. The zero-order valence-electron chi connectivity index (χ0n) is 15.9. The molecule has 0 saturated heterocycles. The van der Waals surface area contributed by atoms with Crippen LogP contribution in [0.15, 0.2) is 35.2 Å². The van der Waals surface area contributed by atoms with Crippen LogP contribution in [0.25, 0.3) is 0 Å². The Morgan fingerprint density at radius 2 is 1.57 bits per heavy atom. The zero-order chi connectivity index (χ0) is 22.3. The minimum Gasteiger partial charge on any atom is -0.493 e. The molecule has 0 radical (unpaired) electrons. The number of hydrogen-bond donors (Lipinski definition) is 0. The molecule has 30 heavy (non-hydrogen) atoms. The molecule has 3 rings (SSSR count). The highest BCUT2D eigenvalue weighted by Gasteiger charge is 2.41. The van der Waals surface area contributed by atoms with Crippen LogP contribution in [0.2, 0.25) is 0 Å². The lowest BCUT2D eigenvalue weighted by Gasteiger charge is -2.17. The summed E-state index contributed by atoms with van der Waals surface area (Å²) in [6.45, 7) is -0.346. The van der Waals surface area contributed by atoms with Gasteiger partial charge in [0.1, 0.15) is 5.75 Å². The smallest absolute Gasteiger partial charge is 0.493 e. The standard InChI is InChI=1S/C18H16F3NO7S/c1-26-14-8-12-13(15(27-2)16(14)28-3)9-22(17(12)23)30(24,25)11-6-4-10(5-7-11)29-18(19,20)21/h4-8H,9H2,1-3H3. The zero-order valence-corrected chi connectivity index (χ0v) is 16.8. The van der Waals surface area contributed by atoms with E-state index in [1.54, 1.807) is 0 Å². The Bertz CT molecular complexity index is 1080. The Balaban J connectivity index is 1.99. The molecular weight excluding hydrogens is 431 g/mol. The van der Waals surface area contributed by atoms with E-state index in [1.807, 2.05) is 0 Å². The number of benzene rings is 2. The molecular formula is C18H16F3NO7S. The topological polar surface area (TPSA) is 91.4 Å². The predicted octanol–water partition coefficient (Wildman–Crippen LogP) is 2.96. The Kier molecular flexibility index (Phi) is 5.46. The number of sulfonamides is 1. The molecule has 2 aromatic rings. The molecule has 1 aliphatic rings. The summed E-state index contributed by atoms with van der Waals surface area (Å²) < 4.78 is 82.8. The molecule has 0 aromatic heterocycles. The Hall–Kier alpha value is -3.15. The molecule has 0 unspecified atom stereocenters. The van der Waals surface area contributed by atoms with E-state index in [1.165, 1.54) is 27.4 Å². The summed E-state index contributed by atoms with van der Waals surface area (Å²) in [7, 11) is -0.325. The van der Waals surface area contributed by atoms with Crippen molar-refractivity contribution in [3.63, 3.8) is 0 Å². The van der Waals surface area contributed by atoms with Crippen LogP contribution in [0.5, 0.6) is 23.0 Å². The highest BCUT2D eigenvalue weighted by atomic mass is 32.2. The molecule has 1 heterocycles. The summed E-state index contributed by atoms with van der Waals surface area (Å²) in [6, 6.07) is 4.88. The van der Waals surface area contributed by atoms with E-state index in [-0.39, 0.29) is 39.8 Å². The molecule has 0 aliphatic carbocycles. The summed E-state index contributed by atoms with van der Waals surface area (Å²) in [5.41, 5.74) is 0.325. The van der Waals surface area contributed by atoms with Gasteiger partial charge < -0.3 is 18.9 Å². The highest BCUT2D eigenvalue weighted by molar-refractivity contribution is 7.89. The quantitative estimate of drug-likeness (QED) is 0.672. The van der Waals surface area contributed by atoms with Crippen LogP contribution in [-0.2, 0) is 16.6 Å². The van der Waals surface area contributed by atoms with E-state index < -0.39 is 28.0 Å². The van der Waals surface area contributed by atoms with Crippen molar-refractivity contribution in [2.45, 2.75) is 17.8 Å². The third kappa shape index (κ3) is 3.70. The summed E-state index contributed by atoms with van der Waals surface area (Å²) in [4.78, 5) is 12.4. The normalized spacial score (nSPS) is 13.8. The van der Waals surface area contributed by atoms with Crippen LogP contribution >= 0.6 is 0 Å². The van der Waals surface area contributed by atoms with Gasteiger partial charge in [-0.25, -0.2) is 12.7 Å². The van der Waals surface area contributed by atoms with Crippen LogP contribution in [0, 0.1) is 0 Å². The summed E-state index contributed by atoms with van der Waals surface area (Å²) in [5, 5.41) is 0. The lowest BCUT2D eigenvalue weighted by molar-refractivity contribution is -0.274. The van der Waals surface area contributed by atoms with Crippen molar-refractivity contribution in [1.29, 1.82) is 0 Å². The van der Waals surface area contributed by atoms with Crippen LogP contribution in [0.3, 0.4) is 0 Å². The van der Waals surface area contributed by atoms with E-state index in [0.717, 1.165) is 24.3 Å². The average Bonchev–Trinajstić information content (AvgIpc) is 3.02. The SMILES string of the molecule is COc1cc2c(c(OC)c1OC)CN(S(=O)(=O)c1ccc(OC(F)(F)F)cc1)C2=O. The fraction of sp³-hybridized carbons (Fsp3) is 0.278. The Morgan fingerprint density at radius 1 is 0.967 bits per heavy atom. The molecule has 0 spiro atoms. The first-order valence-corrected chi connectivity index (χ1v) is 9.72. The fourth-order valence-corrected chi connectivity index (χ4v) is 4.40. The molecule has 0 N–H and O–H groups in total. The maximum atomic E-state index is 13.0. The first kappa shape index (κ1) is 21.6. The lowest BCUT2D eigenvalue weighted by atomic mass is 10.1. The number of halogens is 3. The van der Waals surface area contributed by atoms with Crippen molar-refractivity contribution >= 4 is 15.9 Å². The number of carbonyl (C=O) groups is 1. The lowest BCUT2D eigenvalue weighted by Crippen LogP contribution is -2.31. The molecule has 0 bridgehead atoms. The van der Waals surface area contributed by atoms with Crippen LogP contribution < -0.4 is 18.9 Å². The molecule has 1 aliphatic heterocycles. The van der Waals surface area contributed by atoms with Crippen molar-refractivity contribution in [3.05, 3.63) is 41.5 Å². The van der Waals surface area contributed by atoms with E-state index in [2.05, 4.69) is 4.74 Å².